The molecule has 0 aromatic carbocycles. The first-order valence-electron chi connectivity index (χ1n) is 5.10. The molecule has 1 rings (SSSR count). The van der Waals surface area contributed by atoms with E-state index < -0.39 is 15.9 Å². The zero-order valence-electron chi connectivity index (χ0n) is 9.80. The van der Waals surface area contributed by atoms with Gasteiger partial charge in [-0.1, -0.05) is 0 Å². The molecule has 0 atom stereocenters. The van der Waals surface area contributed by atoms with E-state index in [2.05, 4.69) is 20.4 Å². The van der Waals surface area contributed by atoms with Crippen molar-refractivity contribution >= 4 is 21.7 Å². The number of hydrogen-bond acceptors (Lipinski definition) is 6. The fourth-order valence-electron chi connectivity index (χ4n) is 1.12. The van der Waals surface area contributed by atoms with E-state index in [0.717, 1.165) is 0 Å². The summed E-state index contributed by atoms with van der Waals surface area (Å²) in [7, 11) is -2.00. The van der Waals surface area contributed by atoms with Gasteiger partial charge in [0.25, 0.3) is 5.91 Å². The molecule has 0 saturated carbocycles. The summed E-state index contributed by atoms with van der Waals surface area (Å²) < 4.78 is 24.4. The van der Waals surface area contributed by atoms with Crippen molar-refractivity contribution in [2.24, 2.45) is 5.84 Å². The van der Waals surface area contributed by atoms with E-state index in [1.54, 1.807) is 6.07 Å². The number of rotatable bonds is 6. The standard InChI is InChI=1S/C9H15N5O3S/c1-11-18(16,17)5-4-12-9(15)7-2-3-8(14-10)13-6-7/h2-3,6,11H,4-5,10H2,1H3,(H,12,15)(H,13,14). The largest absolute Gasteiger partial charge is 0.351 e. The van der Waals surface area contributed by atoms with Gasteiger partial charge in [-0.3, -0.25) is 4.79 Å². The first-order valence-corrected chi connectivity index (χ1v) is 6.76. The Bertz CT molecular complexity index is 499. The maximum atomic E-state index is 11.6. The summed E-state index contributed by atoms with van der Waals surface area (Å²) >= 11 is 0. The average Bonchev–Trinajstić information content (AvgIpc) is 2.38. The minimum atomic E-state index is -3.31. The predicted octanol–water partition coefficient (Wildman–Crippen LogP) is -1.35. The van der Waals surface area contributed by atoms with Gasteiger partial charge in [-0.05, 0) is 19.2 Å². The lowest BCUT2D eigenvalue weighted by Crippen LogP contribution is -2.33. The molecule has 8 nitrogen and oxygen atoms in total. The fraction of sp³-hybridized carbons (Fsp3) is 0.333. The highest BCUT2D eigenvalue weighted by atomic mass is 32.2. The van der Waals surface area contributed by atoms with Crippen LogP contribution in [0.3, 0.4) is 0 Å². The number of sulfonamides is 1. The number of aromatic nitrogens is 1. The smallest absolute Gasteiger partial charge is 0.252 e. The van der Waals surface area contributed by atoms with Gasteiger partial charge in [-0.25, -0.2) is 24.0 Å². The Balaban J connectivity index is 2.50. The molecule has 0 bridgehead atoms. The molecule has 1 amide bonds. The number of carbonyl (C=O) groups is 1. The number of pyridine rings is 1. The first-order chi connectivity index (χ1) is 8.48. The minimum absolute atomic E-state index is 0.0267. The zero-order valence-corrected chi connectivity index (χ0v) is 10.6. The van der Waals surface area contributed by atoms with Gasteiger partial charge < -0.3 is 10.7 Å². The molecule has 1 aromatic rings. The number of nitrogens with two attached hydrogens (primary N) is 1. The number of amides is 1. The molecule has 0 aliphatic carbocycles. The van der Waals surface area contributed by atoms with Gasteiger partial charge in [0.15, 0.2) is 0 Å². The number of nitrogen functional groups attached to an aromatic ring is 1. The molecule has 0 unspecified atom stereocenters. The van der Waals surface area contributed by atoms with Gasteiger partial charge in [-0.15, -0.1) is 0 Å². The molecule has 0 spiro atoms. The van der Waals surface area contributed by atoms with Crippen molar-refractivity contribution in [3.63, 3.8) is 0 Å². The van der Waals surface area contributed by atoms with Crippen LogP contribution < -0.4 is 21.3 Å². The normalized spacial score (nSPS) is 11.0. The van der Waals surface area contributed by atoms with Gasteiger partial charge in [0.1, 0.15) is 5.82 Å². The van der Waals surface area contributed by atoms with E-state index in [9.17, 15) is 13.2 Å². The Morgan fingerprint density at radius 1 is 1.44 bits per heavy atom. The van der Waals surface area contributed by atoms with Crippen LogP contribution in [-0.2, 0) is 10.0 Å². The van der Waals surface area contributed by atoms with Crippen LogP contribution in [0.2, 0.25) is 0 Å². The van der Waals surface area contributed by atoms with Gasteiger partial charge >= 0.3 is 0 Å². The quantitative estimate of drug-likeness (QED) is 0.375. The third-order valence-corrected chi connectivity index (χ3v) is 3.50. The van der Waals surface area contributed by atoms with E-state index in [1.165, 1.54) is 19.3 Å². The molecular weight excluding hydrogens is 258 g/mol. The third-order valence-electron chi connectivity index (χ3n) is 2.14. The summed E-state index contributed by atoms with van der Waals surface area (Å²) in [5, 5.41) is 2.48. The predicted molar refractivity (Wildman–Crippen MR) is 67.2 cm³/mol. The maximum Gasteiger partial charge on any atom is 0.252 e. The Kier molecular flexibility index (Phi) is 5.01. The topological polar surface area (TPSA) is 126 Å². The summed E-state index contributed by atoms with van der Waals surface area (Å²) in [6.45, 7) is 0.0267. The van der Waals surface area contributed by atoms with Crippen molar-refractivity contribution in [1.82, 2.24) is 15.0 Å². The number of hydrogen-bond donors (Lipinski definition) is 4. The van der Waals surface area contributed by atoms with Crippen molar-refractivity contribution < 1.29 is 13.2 Å². The van der Waals surface area contributed by atoms with Crippen LogP contribution in [-0.4, -0.2) is 38.7 Å². The van der Waals surface area contributed by atoms with Crippen LogP contribution in [0.25, 0.3) is 0 Å². The molecule has 1 aromatic heterocycles. The van der Waals surface area contributed by atoms with Gasteiger partial charge in [0.2, 0.25) is 10.0 Å². The lowest BCUT2D eigenvalue weighted by Gasteiger charge is -2.06. The van der Waals surface area contributed by atoms with E-state index in [4.69, 9.17) is 5.84 Å². The number of nitrogens with one attached hydrogen (secondary N) is 3. The highest BCUT2D eigenvalue weighted by molar-refractivity contribution is 7.89. The molecule has 100 valence electrons. The summed E-state index contributed by atoms with van der Waals surface area (Å²) in [5.41, 5.74) is 2.66. The second-order valence-electron chi connectivity index (χ2n) is 3.36. The molecule has 0 aliphatic heterocycles. The molecule has 0 aliphatic rings. The van der Waals surface area contributed by atoms with E-state index >= 15 is 0 Å². The Morgan fingerprint density at radius 3 is 2.67 bits per heavy atom. The lowest BCUT2D eigenvalue weighted by atomic mass is 10.2. The Hall–Kier alpha value is -1.71. The Labute approximate surface area is 105 Å². The molecule has 18 heavy (non-hydrogen) atoms. The Morgan fingerprint density at radius 2 is 2.17 bits per heavy atom. The molecule has 5 N–H and O–H groups in total. The minimum Gasteiger partial charge on any atom is -0.351 e. The molecular formula is C9H15N5O3S. The van der Waals surface area contributed by atoms with Crippen molar-refractivity contribution in [1.29, 1.82) is 0 Å². The van der Waals surface area contributed by atoms with E-state index in [-0.39, 0.29) is 12.3 Å². The molecule has 0 saturated heterocycles. The van der Waals surface area contributed by atoms with Crippen molar-refractivity contribution in [3.8, 4) is 0 Å². The van der Waals surface area contributed by atoms with Gasteiger partial charge in [0.05, 0.1) is 11.3 Å². The number of hydrazine groups is 1. The molecule has 9 heteroatoms. The second kappa shape index (κ2) is 6.28. The van der Waals surface area contributed by atoms with Crippen LogP contribution in [0.5, 0.6) is 0 Å². The highest BCUT2D eigenvalue weighted by Crippen LogP contribution is 2.02. The van der Waals surface area contributed by atoms with Crippen molar-refractivity contribution in [3.05, 3.63) is 23.9 Å². The SMILES string of the molecule is CNS(=O)(=O)CCNC(=O)c1ccc(NN)nc1. The van der Waals surface area contributed by atoms with Crippen LogP contribution in [0, 0.1) is 0 Å². The van der Waals surface area contributed by atoms with Crippen LogP contribution in [0.4, 0.5) is 5.82 Å². The summed E-state index contributed by atoms with van der Waals surface area (Å²) in [5.74, 6) is 5.00. The molecule has 1 heterocycles. The van der Waals surface area contributed by atoms with Gasteiger partial charge in [0, 0.05) is 12.7 Å². The summed E-state index contributed by atoms with van der Waals surface area (Å²) in [4.78, 5) is 15.5. The monoisotopic (exact) mass is 273 g/mol. The van der Waals surface area contributed by atoms with E-state index in [0.29, 0.717) is 11.4 Å². The second-order valence-corrected chi connectivity index (χ2v) is 5.40. The molecule has 0 radical (unpaired) electrons. The number of nitrogens with zero attached hydrogens (tertiary/aromatic N) is 1. The van der Waals surface area contributed by atoms with Crippen molar-refractivity contribution in [2.45, 2.75) is 0 Å². The molecule has 0 fully saturated rings. The highest BCUT2D eigenvalue weighted by Gasteiger charge is 2.09. The van der Waals surface area contributed by atoms with Crippen molar-refractivity contribution in [2.75, 3.05) is 24.8 Å². The maximum absolute atomic E-state index is 11.6. The zero-order chi connectivity index (χ0) is 13.6. The van der Waals surface area contributed by atoms with Crippen LogP contribution >= 0.6 is 0 Å². The number of carbonyl (C=O) groups excluding carboxylic acids is 1. The number of anilines is 1. The first kappa shape index (κ1) is 14.4. The van der Waals surface area contributed by atoms with E-state index in [1.807, 2.05) is 0 Å². The lowest BCUT2D eigenvalue weighted by molar-refractivity contribution is 0.0956. The summed E-state index contributed by atoms with van der Waals surface area (Å²) in [6, 6.07) is 3.07. The van der Waals surface area contributed by atoms with Crippen LogP contribution in [0.1, 0.15) is 10.4 Å². The fourth-order valence-corrected chi connectivity index (χ4v) is 1.69. The van der Waals surface area contributed by atoms with Crippen LogP contribution in [0.15, 0.2) is 18.3 Å². The third kappa shape index (κ3) is 4.28. The van der Waals surface area contributed by atoms with Gasteiger partial charge in [-0.2, -0.15) is 0 Å². The average molecular weight is 273 g/mol. The summed E-state index contributed by atoms with van der Waals surface area (Å²) in [6.07, 6.45) is 1.34.